The molecule has 3 N–H and O–H groups in total. The van der Waals surface area contributed by atoms with Crippen molar-refractivity contribution in [2.24, 2.45) is 0 Å². The van der Waals surface area contributed by atoms with E-state index in [2.05, 4.69) is 11.9 Å². The van der Waals surface area contributed by atoms with Crippen LogP contribution in [0.1, 0.15) is 0 Å². The molecule has 0 aliphatic heterocycles. The number of nitrogens with one attached hydrogen (secondary N) is 2. The Labute approximate surface area is 80.3 Å². The van der Waals surface area contributed by atoms with Gasteiger partial charge in [-0.05, 0) is 0 Å². The smallest absolute Gasteiger partial charge is 0.328 e. The van der Waals surface area contributed by atoms with E-state index >= 15 is 0 Å². The van der Waals surface area contributed by atoms with Gasteiger partial charge in [-0.25, -0.2) is 9.59 Å². The van der Waals surface area contributed by atoms with Gasteiger partial charge in [-0.3, -0.25) is 10.1 Å². The number of carboxylic acid groups (broad SMARTS) is 1. The molecule has 0 saturated heterocycles. The van der Waals surface area contributed by atoms with E-state index in [1.54, 1.807) is 0 Å². The highest BCUT2D eigenvalue weighted by Crippen LogP contribution is 1.75. The maximum absolute atomic E-state index is 10.8. The zero-order valence-electron chi connectivity index (χ0n) is 7.32. The molecule has 0 aliphatic rings. The van der Waals surface area contributed by atoms with E-state index in [-0.39, 0.29) is 6.54 Å². The monoisotopic (exact) mass is 198 g/mol. The van der Waals surface area contributed by atoms with Crippen LogP contribution in [0.5, 0.6) is 0 Å². The van der Waals surface area contributed by atoms with Crippen molar-refractivity contribution in [1.29, 1.82) is 0 Å². The van der Waals surface area contributed by atoms with Gasteiger partial charge in [0.05, 0.1) is 0 Å². The van der Waals surface area contributed by atoms with Gasteiger partial charge in [-0.1, -0.05) is 6.08 Å². The summed E-state index contributed by atoms with van der Waals surface area (Å²) >= 11 is 0. The highest BCUT2D eigenvalue weighted by atomic mass is 16.4. The molecule has 0 aromatic heterocycles. The lowest BCUT2D eigenvalue weighted by atomic mass is 10.5. The Bertz CT molecular complexity index is 283. The van der Waals surface area contributed by atoms with Crippen LogP contribution in [0.4, 0.5) is 4.79 Å². The van der Waals surface area contributed by atoms with E-state index in [1.807, 2.05) is 5.32 Å². The first-order valence-electron chi connectivity index (χ1n) is 3.67. The first-order valence-corrected chi connectivity index (χ1v) is 3.67. The molecule has 0 heterocycles. The van der Waals surface area contributed by atoms with Gasteiger partial charge in [-0.15, -0.1) is 6.58 Å². The molecule has 76 valence electrons. The van der Waals surface area contributed by atoms with Crippen LogP contribution >= 0.6 is 0 Å². The summed E-state index contributed by atoms with van der Waals surface area (Å²) in [5.41, 5.74) is 0. The standard InChI is InChI=1S/C8H10N2O4/c1-2-5-9-8(14)10-6(11)3-4-7(12)13/h2-4H,1,5H2,(H,12,13)(H2,9,10,11,14)/b4-3+. The summed E-state index contributed by atoms with van der Waals surface area (Å²) in [7, 11) is 0. The van der Waals surface area contributed by atoms with Gasteiger partial charge in [0.1, 0.15) is 0 Å². The van der Waals surface area contributed by atoms with E-state index in [4.69, 9.17) is 5.11 Å². The number of rotatable bonds is 4. The third-order valence-corrected chi connectivity index (χ3v) is 1.02. The summed E-state index contributed by atoms with van der Waals surface area (Å²) in [6, 6.07) is -0.704. The Morgan fingerprint density at radius 2 is 1.93 bits per heavy atom. The van der Waals surface area contributed by atoms with Crippen molar-refractivity contribution in [1.82, 2.24) is 10.6 Å². The molecule has 6 nitrogen and oxygen atoms in total. The van der Waals surface area contributed by atoms with Crippen molar-refractivity contribution in [2.45, 2.75) is 0 Å². The second-order valence-corrected chi connectivity index (χ2v) is 2.16. The van der Waals surface area contributed by atoms with Crippen molar-refractivity contribution in [3.8, 4) is 0 Å². The summed E-state index contributed by atoms with van der Waals surface area (Å²) in [5.74, 6) is -2.05. The van der Waals surface area contributed by atoms with Crippen LogP contribution in [0.3, 0.4) is 0 Å². The number of carboxylic acids is 1. The van der Waals surface area contributed by atoms with Gasteiger partial charge in [0.2, 0.25) is 0 Å². The highest BCUT2D eigenvalue weighted by Gasteiger charge is 2.02. The number of aliphatic carboxylic acids is 1. The lowest BCUT2D eigenvalue weighted by Crippen LogP contribution is -2.38. The molecule has 14 heavy (non-hydrogen) atoms. The molecule has 0 bridgehead atoms. The number of carbonyl (C=O) groups excluding carboxylic acids is 2. The Morgan fingerprint density at radius 3 is 2.43 bits per heavy atom. The summed E-state index contributed by atoms with van der Waals surface area (Å²) in [6.07, 6.45) is 2.82. The topological polar surface area (TPSA) is 95.5 Å². The average molecular weight is 198 g/mol. The van der Waals surface area contributed by atoms with E-state index in [9.17, 15) is 14.4 Å². The van der Waals surface area contributed by atoms with E-state index in [0.29, 0.717) is 6.08 Å². The van der Waals surface area contributed by atoms with Crippen molar-refractivity contribution >= 4 is 17.9 Å². The van der Waals surface area contributed by atoms with Crippen molar-refractivity contribution < 1.29 is 19.5 Å². The lowest BCUT2D eigenvalue weighted by Gasteiger charge is -2.00. The minimum absolute atomic E-state index is 0.224. The molecule has 0 aromatic carbocycles. The van der Waals surface area contributed by atoms with Gasteiger partial charge in [0, 0.05) is 18.7 Å². The second-order valence-electron chi connectivity index (χ2n) is 2.16. The zero-order valence-corrected chi connectivity index (χ0v) is 7.32. The molecular formula is C8H10N2O4. The number of carbonyl (C=O) groups is 3. The van der Waals surface area contributed by atoms with Crippen LogP contribution in [0.25, 0.3) is 0 Å². The molecule has 0 fully saturated rings. The summed E-state index contributed by atoms with van der Waals surface area (Å²) in [5, 5.41) is 12.3. The molecule has 0 saturated carbocycles. The van der Waals surface area contributed by atoms with Crippen LogP contribution in [0, 0.1) is 0 Å². The highest BCUT2D eigenvalue weighted by molar-refractivity contribution is 6.02. The Morgan fingerprint density at radius 1 is 1.29 bits per heavy atom. The van der Waals surface area contributed by atoms with E-state index < -0.39 is 17.9 Å². The predicted molar refractivity (Wildman–Crippen MR) is 48.5 cm³/mol. The molecule has 6 heteroatoms. The Hall–Kier alpha value is -2.11. The van der Waals surface area contributed by atoms with Crippen molar-refractivity contribution in [3.05, 3.63) is 24.8 Å². The molecule has 3 amide bonds. The SMILES string of the molecule is C=CCNC(=O)NC(=O)/C=C/C(=O)O. The largest absolute Gasteiger partial charge is 0.478 e. The molecule has 0 spiro atoms. The first kappa shape index (κ1) is 11.9. The Balaban J connectivity index is 3.88. The maximum Gasteiger partial charge on any atom is 0.328 e. The number of hydrogen-bond acceptors (Lipinski definition) is 3. The van der Waals surface area contributed by atoms with Crippen molar-refractivity contribution in [2.75, 3.05) is 6.54 Å². The quantitative estimate of drug-likeness (QED) is 0.424. The summed E-state index contributed by atoms with van der Waals surface area (Å²) < 4.78 is 0. The summed E-state index contributed by atoms with van der Waals surface area (Å²) in [4.78, 5) is 31.5. The van der Waals surface area contributed by atoms with Gasteiger partial charge < -0.3 is 10.4 Å². The zero-order chi connectivity index (χ0) is 11.0. The molecule has 0 aliphatic carbocycles. The fourth-order valence-corrected chi connectivity index (χ4v) is 0.510. The molecule has 0 unspecified atom stereocenters. The second kappa shape index (κ2) is 6.41. The first-order chi connectivity index (χ1) is 6.56. The van der Waals surface area contributed by atoms with Crippen molar-refractivity contribution in [3.63, 3.8) is 0 Å². The Kier molecular flexibility index (Phi) is 5.44. The fraction of sp³-hybridized carbons (Fsp3) is 0.125. The number of hydrogen-bond donors (Lipinski definition) is 3. The number of imide groups is 1. The number of amides is 3. The van der Waals surface area contributed by atoms with Crippen LogP contribution in [-0.2, 0) is 9.59 Å². The van der Waals surface area contributed by atoms with Gasteiger partial charge >= 0.3 is 12.0 Å². The molecular weight excluding hydrogens is 188 g/mol. The maximum atomic E-state index is 10.8. The number of urea groups is 1. The minimum atomic E-state index is -1.26. The molecule has 0 atom stereocenters. The van der Waals surface area contributed by atoms with Crippen LogP contribution in [-0.4, -0.2) is 29.6 Å². The van der Waals surface area contributed by atoms with Crippen LogP contribution in [0.15, 0.2) is 24.8 Å². The predicted octanol–water partition coefficient (Wildman–Crippen LogP) is -0.361. The third kappa shape index (κ3) is 6.59. The minimum Gasteiger partial charge on any atom is -0.478 e. The fourth-order valence-electron chi connectivity index (χ4n) is 0.510. The lowest BCUT2D eigenvalue weighted by molar-refractivity contribution is -0.131. The molecule has 0 aromatic rings. The summed E-state index contributed by atoms with van der Waals surface area (Å²) in [6.45, 7) is 3.58. The van der Waals surface area contributed by atoms with Crippen LogP contribution < -0.4 is 10.6 Å². The van der Waals surface area contributed by atoms with Gasteiger partial charge in [0.15, 0.2) is 0 Å². The third-order valence-electron chi connectivity index (χ3n) is 1.02. The normalized spacial score (nSPS) is 9.43. The van der Waals surface area contributed by atoms with Crippen LogP contribution in [0.2, 0.25) is 0 Å². The van der Waals surface area contributed by atoms with E-state index in [1.165, 1.54) is 6.08 Å². The average Bonchev–Trinajstić information content (AvgIpc) is 2.11. The molecule has 0 radical (unpaired) electrons. The van der Waals surface area contributed by atoms with Gasteiger partial charge in [-0.2, -0.15) is 0 Å². The van der Waals surface area contributed by atoms with Gasteiger partial charge in [0.25, 0.3) is 5.91 Å². The molecule has 0 rings (SSSR count). The van der Waals surface area contributed by atoms with E-state index in [0.717, 1.165) is 6.08 Å².